The maximum atomic E-state index is 11.8. The number of pyridine rings is 1. The van der Waals surface area contributed by atoms with Crippen LogP contribution in [0.1, 0.15) is 11.4 Å². The molecule has 0 fully saturated rings. The average Bonchev–Trinajstić information content (AvgIpc) is 2.73. The number of rotatable bonds is 5. The largest absolute Gasteiger partial charge is 0.265 e. The second kappa shape index (κ2) is 5.13. The average molecular weight is 267 g/mol. The van der Waals surface area contributed by atoms with Gasteiger partial charge in [-0.3, -0.25) is 10.1 Å². The first kappa shape index (κ1) is 12.5. The third-order valence-corrected chi connectivity index (χ3v) is 3.49. The fraction of sp³-hybridized carbons (Fsp3) is 0.300. The number of aromatic amines is 1. The molecule has 7 nitrogen and oxygen atoms in total. The Kier molecular flexibility index (Phi) is 3.56. The molecule has 0 saturated heterocycles. The van der Waals surface area contributed by atoms with Gasteiger partial charge in [0.15, 0.2) is 0 Å². The van der Waals surface area contributed by atoms with Crippen LogP contribution in [0.4, 0.5) is 5.95 Å². The van der Waals surface area contributed by atoms with Crippen LogP contribution >= 0.6 is 0 Å². The summed E-state index contributed by atoms with van der Waals surface area (Å²) in [5, 5.41) is 6.29. The molecule has 8 heteroatoms. The van der Waals surface area contributed by atoms with Crippen molar-refractivity contribution in [2.75, 3.05) is 10.5 Å². The van der Waals surface area contributed by atoms with E-state index in [9.17, 15) is 8.42 Å². The highest BCUT2D eigenvalue weighted by molar-refractivity contribution is 7.92. The van der Waals surface area contributed by atoms with Crippen LogP contribution in [-0.2, 0) is 16.4 Å². The Balaban J connectivity index is 1.96. The number of H-pyrrole nitrogens is 1. The second-order valence-electron chi connectivity index (χ2n) is 3.77. The molecule has 18 heavy (non-hydrogen) atoms. The summed E-state index contributed by atoms with van der Waals surface area (Å²) in [6.45, 7) is 1.70. The van der Waals surface area contributed by atoms with E-state index in [-0.39, 0.29) is 11.7 Å². The lowest BCUT2D eigenvalue weighted by atomic mass is 10.2. The maximum absolute atomic E-state index is 11.8. The van der Waals surface area contributed by atoms with E-state index in [0.717, 1.165) is 5.56 Å². The SMILES string of the molecule is Cc1nc(NS(=O)(=O)CCc2ccncc2)n[nH]1. The smallest absolute Gasteiger partial charge is 0.255 e. The zero-order valence-corrected chi connectivity index (χ0v) is 10.6. The molecule has 0 saturated carbocycles. The highest BCUT2D eigenvalue weighted by Crippen LogP contribution is 2.04. The third-order valence-electron chi connectivity index (χ3n) is 2.25. The number of anilines is 1. The summed E-state index contributed by atoms with van der Waals surface area (Å²) >= 11 is 0. The Morgan fingerprint density at radius 1 is 1.33 bits per heavy atom. The van der Waals surface area contributed by atoms with E-state index in [0.29, 0.717) is 12.2 Å². The molecule has 2 rings (SSSR count). The zero-order valence-electron chi connectivity index (χ0n) is 9.79. The van der Waals surface area contributed by atoms with E-state index in [4.69, 9.17) is 0 Å². The summed E-state index contributed by atoms with van der Waals surface area (Å²) in [6.07, 6.45) is 3.68. The maximum Gasteiger partial charge on any atom is 0.255 e. The number of aryl methyl sites for hydroxylation is 2. The van der Waals surface area contributed by atoms with Crippen molar-refractivity contribution < 1.29 is 8.42 Å². The second-order valence-corrected chi connectivity index (χ2v) is 5.61. The Hall–Kier alpha value is -1.96. The Bertz CT molecular complexity index is 608. The van der Waals surface area contributed by atoms with Crippen LogP contribution < -0.4 is 4.72 Å². The molecule has 2 N–H and O–H groups in total. The van der Waals surface area contributed by atoms with Crippen molar-refractivity contribution in [2.45, 2.75) is 13.3 Å². The quantitative estimate of drug-likeness (QED) is 0.821. The van der Waals surface area contributed by atoms with Gasteiger partial charge in [0, 0.05) is 12.4 Å². The Morgan fingerprint density at radius 2 is 2.06 bits per heavy atom. The van der Waals surface area contributed by atoms with Crippen molar-refractivity contribution in [1.29, 1.82) is 0 Å². The fourth-order valence-electron chi connectivity index (χ4n) is 1.38. The van der Waals surface area contributed by atoms with E-state index < -0.39 is 10.0 Å². The lowest BCUT2D eigenvalue weighted by Gasteiger charge is -2.04. The first-order valence-electron chi connectivity index (χ1n) is 5.33. The molecule has 0 bridgehead atoms. The fourth-order valence-corrected chi connectivity index (χ4v) is 2.36. The summed E-state index contributed by atoms with van der Waals surface area (Å²) in [5.41, 5.74) is 0.918. The molecule has 2 aromatic heterocycles. The summed E-state index contributed by atoms with van der Waals surface area (Å²) in [7, 11) is -3.43. The lowest BCUT2D eigenvalue weighted by molar-refractivity contribution is 0.600. The van der Waals surface area contributed by atoms with Gasteiger partial charge in [-0.25, -0.2) is 13.1 Å². The molecular formula is C10H13N5O2S. The van der Waals surface area contributed by atoms with Gasteiger partial charge < -0.3 is 0 Å². The molecule has 0 aliphatic rings. The molecule has 0 aliphatic heterocycles. The minimum Gasteiger partial charge on any atom is -0.265 e. The van der Waals surface area contributed by atoms with Crippen molar-refractivity contribution in [3.63, 3.8) is 0 Å². The Morgan fingerprint density at radius 3 is 2.67 bits per heavy atom. The van der Waals surface area contributed by atoms with Crippen LogP contribution in [0, 0.1) is 6.92 Å². The number of hydrogen-bond acceptors (Lipinski definition) is 5. The summed E-state index contributed by atoms with van der Waals surface area (Å²) in [6, 6.07) is 3.57. The van der Waals surface area contributed by atoms with Gasteiger partial charge in [-0.05, 0) is 31.0 Å². The molecule has 0 atom stereocenters. The molecule has 0 spiro atoms. The third kappa shape index (κ3) is 3.52. The van der Waals surface area contributed by atoms with Gasteiger partial charge in [0.1, 0.15) is 5.82 Å². The highest BCUT2D eigenvalue weighted by Gasteiger charge is 2.13. The lowest BCUT2D eigenvalue weighted by Crippen LogP contribution is -2.19. The summed E-state index contributed by atoms with van der Waals surface area (Å²) in [5.74, 6) is 0.606. The number of nitrogens with zero attached hydrogens (tertiary/aromatic N) is 3. The van der Waals surface area contributed by atoms with E-state index in [1.165, 1.54) is 0 Å². The molecule has 2 heterocycles. The predicted octanol–water partition coefficient (Wildman–Crippen LogP) is 0.493. The minimum absolute atomic E-state index is 0.0232. The van der Waals surface area contributed by atoms with Crippen LogP contribution in [0.5, 0.6) is 0 Å². The first-order valence-corrected chi connectivity index (χ1v) is 6.99. The monoisotopic (exact) mass is 267 g/mol. The zero-order chi connectivity index (χ0) is 13.0. The van der Waals surface area contributed by atoms with E-state index in [1.54, 1.807) is 31.5 Å². The topological polar surface area (TPSA) is 101 Å². The molecule has 0 aliphatic carbocycles. The molecular weight excluding hydrogens is 254 g/mol. The van der Waals surface area contributed by atoms with E-state index >= 15 is 0 Å². The van der Waals surface area contributed by atoms with Crippen molar-refractivity contribution in [3.8, 4) is 0 Å². The van der Waals surface area contributed by atoms with Gasteiger partial charge in [-0.15, -0.1) is 5.10 Å². The highest BCUT2D eigenvalue weighted by atomic mass is 32.2. The van der Waals surface area contributed by atoms with Crippen LogP contribution in [0.2, 0.25) is 0 Å². The minimum atomic E-state index is -3.43. The number of hydrogen-bond donors (Lipinski definition) is 2. The number of nitrogens with one attached hydrogen (secondary N) is 2. The van der Waals surface area contributed by atoms with Gasteiger partial charge in [0.2, 0.25) is 10.0 Å². The number of aromatic nitrogens is 4. The van der Waals surface area contributed by atoms with Crippen LogP contribution in [0.15, 0.2) is 24.5 Å². The molecule has 96 valence electrons. The van der Waals surface area contributed by atoms with Crippen LogP contribution in [-0.4, -0.2) is 34.3 Å². The molecule has 0 unspecified atom stereocenters. The number of sulfonamides is 1. The molecule has 2 aromatic rings. The van der Waals surface area contributed by atoms with Gasteiger partial charge in [-0.2, -0.15) is 4.98 Å². The summed E-state index contributed by atoms with van der Waals surface area (Å²) in [4.78, 5) is 7.76. The summed E-state index contributed by atoms with van der Waals surface area (Å²) < 4.78 is 25.8. The van der Waals surface area contributed by atoms with Gasteiger partial charge >= 0.3 is 0 Å². The first-order chi connectivity index (χ1) is 8.55. The van der Waals surface area contributed by atoms with Crippen molar-refractivity contribution in [2.24, 2.45) is 0 Å². The van der Waals surface area contributed by atoms with Crippen LogP contribution in [0.3, 0.4) is 0 Å². The van der Waals surface area contributed by atoms with Crippen molar-refractivity contribution in [3.05, 3.63) is 35.9 Å². The van der Waals surface area contributed by atoms with Gasteiger partial charge in [0.05, 0.1) is 5.75 Å². The van der Waals surface area contributed by atoms with Crippen molar-refractivity contribution >= 4 is 16.0 Å². The molecule has 0 aromatic carbocycles. The van der Waals surface area contributed by atoms with Crippen molar-refractivity contribution in [1.82, 2.24) is 20.2 Å². The predicted molar refractivity (Wildman–Crippen MR) is 66.5 cm³/mol. The molecule has 0 radical (unpaired) electrons. The standard InChI is InChI=1S/C10H13N5O2S/c1-8-12-10(14-13-8)15-18(16,17)7-4-9-2-5-11-6-3-9/h2-3,5-6H,4,7H2,1H3,(H2,12,13,14,15). The van der Waals surface area contributed by atoms with Gasteiger partial charge in [0.25, 0.3) is 5.95 Å². The molecule has 0 amide bonds. The Labute approximate surface area is 105 Å². The van der Waals surface area contributed by atoms with Gasteiger partial charge in [-0.1, -0.05) is 0 Å². The van der Waals surface area contributed by atoms with E-state index in [2.05, 4.69) is 24.9 Å². The van der Waals surface area contributed by atoms with E-state index in [1.807, 2.05) is 0 Å². The van der Waals surface area contributed by atoms with Crippen LogP contribution in [0.25, 0.3) is 0 Å². The normalized spacial score (nSPS) is 11.4.